The number of nitrogens with one attached hydrogen (secondary N) is 2. The highest BCUT2D eigenvalue weighted by molar-refractivity contribution is 5.74. The molecule has 0 aromatic heterocycles. The number of aryl methyl sites for hydroxylation is 1. The quantitative estimate of drug-likeness (QED) is 0.758. The maximum Gasteiger partial charge on any atom is 0.315 e. The summed E-state index contributed by atoms with van der Waals surface area (Å²) in [6.45, 7) is 6.56. The van der Waals surface area contributed by atoms with E-state index >= 15 is 0 Å². The van der Waals surface area contributed by atoms with E-state index in [1.165, 1.54) is 11.1 Å². The van der Waals surface area contributed by atoms with Gasteiger partial charge in [-0.05, 0) is 37.3 Å². The number of carbonyl (C=O) groups excluding carboxylic acids is 1. The van der Waals surface area contributed by atoms with E-state index in [4.69, 9.17) is 4.74 Å². The number of nitrogens with zero attached hydrogens (tertiary/aromatic N) is 1. The van der Waals surface area contributed by atoms with Gasteiger partial charge in [0.05, 0.1) is 0 Å². The number of amides is 2. The van der Waals surface area contributed by atoms with Gasteiger partial charge in [-0.2, -0.15) is 0 Å². The molecule has 2 rings (SSSR count). The molecule has 0 bridgehead atoms. The Hall–Kier alpha value is -1.59. The minimum Gasteiger partial charge on any atom is -0.385 e. The molecule has 128 valence electrons. The van der Waals surface area contributed by atoms with Gasteiger partial charge in [0.15, 0.2) is 0 Å². The van der Waals surface area contributed by atoms with Crippen LogP contribution in [-0.4, -0.2) is 50.3 Å². The first-order valence-corrected chi connectivity index (χ1v) is 8.49. The van der Waals surface area contributed by atoms with E-state index in [9.17, 15) is 4.79 Å². The van der Waals surface area contributed by atoms with Crippen LogP contribution in [0.15, 0.2) is 24.3 Å². The molecule has 1 heterocycles. The van der Waals surface area contributed by atoms with Gasteiger partial charge in [-0.1, -0.05) is 24.3 Å². The second-order valence-corrected chi connectivity index (χ2v) is 6.22. The fourth-order valence-corrected chi connectivity index (χ4v) is 2.92. The Bertz CT molecular complexity index is 485. The lowest BCUT2D eigenvalue weighted by Crippen LogP contribution is -2.47. The third-order valence-corrected chi connectivity index (χ3v) is 4.39. The van der Waals surface area contributed by atoms with Crippen molar-refractivity contribution in [1.29, 1.82) is 0 Å². The molecule has 1 aliphatic rings. The molecule has 0 saturated carbocycles. The summed E-state index contributed by atoms with van der Waals surface area (Å²) in [5.41, 5.74) is 2.75. The number of likely N-dealkylation sites (tertiary alicyclic amines) is 1. The van der Waals surface area contributed by atoms with E-state index in [0.717, 1.165) is 38.9 Å². The van der Waals surface area contributed by atoms with Gasteiger partial charge >= 0.3 is 6.03 Å². The molecule has 1 aliphatic heterocycles. The van der Waals surface area contributed by atoms with E-state index in [1.54, 1.807) is 7.11 Å². The zero-order valence-electron chi connectivity index (χ0n) is 14.3. The zero-order chi connectivity index (χ0) is 16.5. The van der Waals surface area contributed by atoms with Crippen LogP contribution in [0.1, 0.15) is 30.4 Å². The number of carbonyl (C=O) groups is 1. The second-order valence-electron chi connectivity index (χ2n) is 6.22. The Labute approximate surface area is 139 Å². The Kier molecular flexibility index (Phi) is 7.36. The normalized spacial score (nSPS) is 16.3. The zero-order valence-corrected chi connectivity index (χ0v) is 14.3. The van der Waals surface area contributed by atoms with Gasteiger partial charge in [-0.3, -0.25) is 4.90 Å². The standard InChI is InChI=1S/C18H29N3O2/c1-15-6-3-4-7-16(15)14-21-11-8-17(9-12-21)20-18(22)19-10-5-13-23-2/h3-4,6-7,17H,5,8-14H2,1-2H3,(H2,19,20,22). The Morgan fingerprint density at radius 3 is 2.74 bits per heavy atom. The number of ether oxygens (including phenoxy) is 1. The molecule has 0 atom stereocenters. The first kappa shape index (κ1) is 17.8. The first-order chi connectivity index (χ1) is 11.2. The van der Waals surface area contributed by atoms with E-state index < -0.39 is 0 Å². The van der Waals surface area contributed by atoms with Crippen LogP contribution in [0.2, 0.25) is 0 Å². The summed E-state index contributed by atoms with van der Waals surface area (Å²) < 4.78 is 4.97. The van der Waals surface area contributed by atoms with Crippen LogP contribution >= 0.6 is 0 Å². The topological polar surface area (TPSA) is 53.6 Å². The van der Waals surface area contributed by atoms with Crippen molar-refractivity contribution in [2.45, 2.75) is 38.8 Å². The molecule has 0 aliphatic carbocycles. The summed E-state index contributed by atoms with van der Waals surface area (Å²) in [7, 11) is 1.67. The number of urea groups is 1. The predicted molar refractivity (Wildman–Crippen MR) is 92.5 cm³/mol. The van der Waals surface area contributed by atoms with E-state index in [-0.39, 0.29) is 12.1 Å². The van der Waals surface area contributed by atoms with E-state index in [1.807, 2.05) is 0 Å². The molecule has 5 heteroatoms. The average molecular weight is 319 g/mol. The summed E-state index contributed by atoms with van der Waals surface area (Å²) in [6, 6.07) is 8.78. The van der Waals surface area contributed by atoms with Crippen LogP contribution in [0.5, 0.6) is 0 Å². The fourth-order valence-electron chi connectivity index (χ4n) is 2.92. The average Bonchev–Trinajstić information content (AvgIpc) is 2.55. The number of hydrogen-bond acceptors (Lipinski definition) is 3. The molecular weight excluding hydrogens is 290 g/mol. The van der Waals surface area contributed by atoms with E-state index in [0.29, 0.717) is 13.2 Å². The summed E-state index contributed by atoms with van der Waals surface area (Å²) >= 11 is 0. The number of hydrogen-bond donors (Lipinski definition) is 2. The summed E-state index contributed by atoms with van der Waals surface area (Å²) in [5, 5.41) is 5.95. The van der Waals surface area contributed by atoms with Gasteiger partial charge in [0.1, 0.15) is 0 Å². The summed E-state index contributed by atoms with van der Waals surface area (Å²) in [6.07, 6.45) is 2.87. The van der Waals surface area contributed by atoms with Crippen molar-refractivity contribution in [2.24, 2.45) is 0 Å². The van der Waals surface area contributed by atoms with Crippen molar-refractivity contribution in [3.8, 4) is 0 Å². The highest BCUT2D eigenvalue weighted by Crippen LogP contribution is 2.16. The van der Waals surface area contributed by atoms with Gasteiger partial charge in [0.25, 0.3) is 0 Å². The van der Waals surface area contributed by atoms with E-state index in [2.05, 4.69) is 46.7 Å². The van der Waals surface area contributed by atoms with Crippen LogP contribution in [0.25, 0.3) is 0 Å². The molecule has 0 spiro atoms. The SMILES string of the molecule is COCCCNC(=O)NC1CCN(Cc2ccccc2C)CC1. The van der Waals surface area contributed by atoms with Crippen LogP contribution in [0.3, 0.4) is 0 Å². The van der Waals surface area contributed by atoms with Gasteiger partial charge in [-0.25, -0.2) is 4.79 Å². The monoisotopic (exact) mass is 319 g/mol. The van der Waals surface area contributed by atoms with Gasteiger partial charge in [0.2, 0.25) is 0 Å². The molecule has 2 amide bonds. The van der Waals surface area contributed by atoms with Gasteiger partial charge < -0.3 is 15.4 Å². The molecular formula is C18H29N3O2. The van der Waals surface area contributed by atoms with Crippen LogP contribution < -0.4 is 10.6 Å². The lowest BCUT2D eigenvalue weighted by Gasteiger charge is -2.32. The number of benzene rings is 1. The Morgan fingerprint density at radius 1 is 1.30 bits per heavy atom. The van der Waals surface area contributed by atoms with Crippen molar-refractivity contribution in [1.82, 2.24) is 15.5 Å². The van der Waals surface area contributed by atoms with Crippen molar-refractivity contribution < 1.29 is 9.53 Å². The second kappa shape index (κ2) is 9.53. The maximum absolute atomic E-state index is 11.8. The van der Waals surface area contributed by atoms with Crippen molar-refractivity contribution in [2.75, 3.05) is 33.4 Å². The molecule has 1 saturated heterocycles. The molecule has 1 aromatic rings. The molecule has 1 fully saturated rings. The predicted octanol–water partition coefficient (Wildman–Crippen LogP) is 2.30. The fraction of sp³-hybridized carbons (Fsp3) is 0.611. The number of methoxy groups -OCH3 is 1. The largest absolute Gasteiger partial charge is 0.385 e. The molecule has 2 N–H and O–H groups in total. The molecule has 0 radical (unpaired) electrons. The Balaban J connectivity index is 1.66. The third kappa shape index (κ3) is 6.20. The van der Waals surface area contributed by atoms with Crippen molar-refractivity contribution >= 4 is 6.03 Å². The number of piperidine rings is 1. The van der Waals surface area contributed by atoms with Gasteiger partial charge in [-0.15, -0.1) is 0 Å². The lowest BCUT2D eigenvalue weighted by molar-refractivity contribution is 0.183. The van der Waals surface area contributed by atoms with Crippen LogP contribution in [-0.2, 0) is 11.3 Å². The minimum absolute atomic E-state index is 0.0570. The summed E-state index contributed by atoms with van der Waals surface area (Å²) in [4.78, 5) is 14.3. The molecule has 23 heavy (non-hydrogen) atoms. The smallest absolute Gasteiger partial charge is 0.315 e. The van der Waals surface area contributed by atoms with Crippen LogP contribution in [0.4, 0.5) is 4.79 Å². The van der Waals surface area contributed by atoms with Crippen molar-refractivity contribution in [3.05, 3.63) is 35.4 Å². The third-order valence-electron chi connectivity index (χ3n) is 4.39. The summed E-state index contributed by atoms with van der Waals surface area (Å²) in [5.74, 6) is 0. The molecule has 5 nitrogen and oxygen atoms in total. The van der Waals surface area contributed by atoms with Crippen molar-refractivity contribution in [3.63, 3.8) is 0 Å². The Morgan fingerprint density at radius 2 is 2.04 bits per heavy atom. The minimum atomic E-state index is -0.0570. The number of rotatable bonds is 7. The lowest BCUT2D eigenvalue weighted by atomic mass is 10.0. The van der Waals surface area contributed by atoms with Crippen LogP contribution in [0, 0.1) is 6.92 Å². The highest BCUT2D eigenvalue weighted by atomic mass is 16.5. The first-order valence-electron chi connectivity index (χ1n) is 8.49. The van der Waals surface area contributed by atoms with Gasteiger partial charge in [0, 0.05) is 45.9 Å². The molecule has 1 aromatic carbocycles. The molecule has 0 unspecified atom stereocenters. The maximum atomic E-state index is 11.8. The highest BCUT2D eigenvalue weighted by Gasteiger charge is 2.20.